The molecule has 0 aromatic heterocycles. The molecule has 0 amide bonds. The van der Waals surface area contributed by atoms with Crippen LogP contribution in [0.1, 0.15) is 5.56 Å². The van der Waals surface area contributed by atoms with Crippen molar-refractivity contribution in [2.75, 3.05) is 0 Å². The van der Waals surface area contributed by atoms with Crippen LogP contribution < -0.4 is 9.47 Å². The molecule has 2 rings (SSSR count). The Labute approximate surface area is 141 Å². The lowest BCUT2D eigenvalue weighted by molar-refractivity contribution is -0.386. The van der Waals surface area contributed by atoms with Crippen LogP contribution >= 0.6 is 11.6 Å². The van der Waals surface area contributed by atoms with E-state index < -0.39 is 34.7 Å². The molecule has 25 heavy (non-hydrogen) atoms. The minimum Gasteiger partial charge on any atom is -0.456 e. The van der Waals surface area contributed by atoms with Gasteiger partial charge in [0.05, 0.1) is 15.5 Å². The summed E-state index contributed by atoms with van der Waals surface area (Å²) in [6.07, 6.45) is -4.60. The van der Waals surface area contributed by atoms with Gasteiger partial charge in [-0.2, -0.15) is 22.0 Å². The van der Waals surface area contributed by atoms with E-state index in [1.807, 2.05) is 0 Å². The number of nitro groups is 1. The summed E-state index contributed by atoms with van der Waals surface area (Å²) >= 11 is 5.71. The number of halogens is 6. The van der Waals surface area contributed by atoms with Crippen LogP contribution in [0.3, 0.4) is 0 Å². The maximum atomic E-state index is 12.6. The molecular formula is C14H7ClF5NO4. The Morgan fingerprint density at radius 2 is 1.76 bits per heavy atom. The molecule has 2 aromatic carbocycles. The molecule has 0 fully saturated rings. The summed E-state index contributed by atoms with van der Waals surface area (Å²) in [5.41, 5.74) is -1.73. The molecule has 0 radical (unpaired) electrons. The molecule has 0 saturated heterocycles. The molecule has 11 heteroatoms. The molecule has 0 bridgehead atoms. The van der Waals surface area contributed by atoms with Crippen molar-refractivity contribution in [2.45, 2.75) is 12.8 Å². The third-order valence-electron chi connectivity index (χ3n) is 2.83. The van der Waals surface area contributed by atoms with Crippen molar-refractivity contribution in [3.63, 3.8) is 0 Å². The number of ether oxygens (including phenoxy) is 2. The lowest BCUT2D eigenvalue weighted by Gasteiger charge is -2.12. The van der Waals surface area contributed by atoms with Gasteiger partial charge in [-0.3, -0.25) is 10.1 Å². The lowest BCUT2D eigenvalue weighted by atomic mass is 10.2. The van der Waals surface area contributed by atoms with E-state index in [1.54, 1.807) is 0 Å². The van der Waals surface area contributed by atoms with Gasteiger partial charge in [-0.25, -0.2) is 0 Å². The normalized spacial score (nSPS) is 11.5. The van der Waals surface area contributed by atoms with Crippen LogP contribution in [0.25, 0.3) is 0 Å². The van der Waals surface area contributed by atoms with Crippen molar-refractivity contribution >= 4 is 17.3 Å². The summed E-state index contributed by atoms with van der Waals surface area (Å²) in [4.78, 5) is 9.83. The van der Waals surface area contributed by atoms with E-state index in [4.69, 9.17) is 16.3 Å². The van der Waals surface area contributed by atoms with Gasteiger partial charge in [0.2, 0.25) is 5.75 Å². The quantitative estimate of drug-likeness (QED) is 0.379. The van der Waals surface area contributed by atoms with Gasteiger partial charge in [-0.1, -0.05) is 11.6 Å². The summed E-state index contributed by atoms with van der Waals surface area (Å²) in [7, 11) is 0. The monoisotopic (exact) mass is 383 g/mol. The van der Waals surface area contributed by atoms with Gasteiger partial charge in [0, 0.05) is 12.1 Å². The summed E-state index contributed by atoms with van der Waals surface area (Å²) in [6, 6.07) is 4.98. The molecule has 0 spiro atoms. The van der Waals surface area contributed by atoms with E-state index in [-0.39, 0.29) is 16.5 Å². The average molecular weight is 384 g/mol. The highest BCUT2D eigenvalue weighted by atomic mass is 35.5. The number of hydrogen-bond donors (Lipinski definition) is 0. The van der Waals surface area contributed by atoms with Crippen LogP contribution in [0.5, 0.6) is 17.2 Å². The number of hydrogen-bond acceptors (Lipinski definition) is 4. The number of benzene rings is 2. The predicted molar refractivity (Wildman–Crippen MR) is 76.3 cm³/mol. The van der Waals surface area contributed by atoms with Crippen LogP contribution in [0.4, 0.5) is 27.6 Å². The van der Waals surface area contributed by atoms with E-state index in [0.29, 0.717) is 12.1 Å². The zero-order chi connectivity index (χ0) is 18.8. The second kappa shape index (κ2) is 7.09. The van der Waals surface area contributed by atoms with Gasteiger partial charge in [-0.05, 0) is 24.3 Å². The first-order valence-corrected chi connectivity index (χ1v) is 6.73. The third-order valence-corrected chi connectivity index (χ3v) is 3.13. The number of nitro benzene ring substituents is 1. The smallest absolute Gasteiger partial charge is 0.416 e. The SMILES string of the molecule is O=[N+]([O-])c1ccc(Oc2ccc(C(F)(F)F)cc2Cl)cc1OC(F)F. The summed E-state index contributed by atoms with van der Waals surface area (Å²) in [6.45, 7) is -3.32. The first-order valence-electron chi connectivity index (χ1n) is 6.36. The summed E-state index contributed by atoms with van der Waals surface area (Å²) in [5, 5.41) is 10.4. The largest absolute Gasteiger partial charge is 0.456 e. The Kier molecular flexibility index (Phi) is 5.31. The summed E-state index contributed by atoms with van der Waals surface area (Å²) < 4.78 is 71.6. The second-order valence-corrected chi connectivity index (χ2v) is 4.92. The number of nitrogens with zero attached hydrogens (tertiary/aromatic N) is 1. The van der Waals surface area contributed by atoms with Crippen molar-refractivity contribution in [3.05, 3.63) is 57.1 Å². The maximum absolute atomic E-state index is 12.6. The molecule has 134 valence electrons. The first kappa shape index (κ1) is 18.7. The van der Waals surface area contributed by atoms with E-state index in [1.165, 1.54) is 0 Å². The Balaban J connectivity index is 2.33. The van der Waals surface area contributed by atoms with Crippen molar-refractivity contribution in [1.29, 1.82) is 0 Å². The van der Waals surface area contributed by atoms with Crippen LogP contribution in [-0.4, -0.2) is 11.5 Å². The Hall–Kier alpha value is -2.62. The fraction of sp³-hybridized carbons (Fsp3) is 0.143. The van der Waals surface area contributed by atoms with Crippen molar-refractivity contribution < 1.29 is 36.3 Å². The molecule has 2 aromatic rings. The van der Waals surface area contributed by atoms with Gasteiger partial charge in [-0.15, -0.1) is 0 Å². The zero-order valence-electron chi connectivity index (χ0n) is 11.9. The fourth-order valence-corrected chi connectivity index (χ4v) is 2.01. The molecule has 0 atom stereocenters. The van der Waals surface area contributed by atoms with Gasteiger partial charge in [0.15, 0.2) is 0 Å². The lowest BCUT2D eigenvalue weighted by Crippen LogP contribution is -2.05. The van der Waals surface area contributed by atoms with E-state index in [2.05, 4.69) is 4.74 Å². The number of rotatable bonds is 5. The molecule has 0 aliphatic carbocycles. The topological polar surface area (TPSA) is 61.6 Å². The summed E-state index contributed by atoms with van der Waals surface area (Å²) in [5.74, 6) is -1.16. The van der Waals surface area contributed by atoms with E-state index >= 15 is 0 Å². The standard InChI is InChI=1S/C14H7ClF5NO4/c15-9-5-7(14(18,19)20)1-4-11(9)24-8-2-3-10(21(22)23)12(6-8)25-13(16)17/h1-6,13H. The van der Waals surface area contributed by atoms with Gasteiger partial charge >= 0.3 is 18.5 Å². The number of alkyl halides is 5. The van der Waals surface area contributed by atoms with Gasteiger partial charge in [0.25, 0.3) is 0 Å². The van der Waals surface area contributed by atoms with Crippen molar-refractivity contribution in [2.24, 2.45) is 0 Å². The van der Waals surface area contributed by atoms with Crippen LogP contribution in [0.2, 0.25) is 5.02 Å². The minimum atomic E-state index is -4.60. The highest BCUT2D eigenvalue weighted by Crippen LogP contribution is 2.38. The van der Waals surface area contributed by atoms with Gasteiger partial charge in [0.1, 0.15) is 11.5 Å². The molecule has 0 saturated carbocycles. The molecule has 0 N–H and O–H groups in total. The Morgan fingerprint density at radius 1 is 1.08 bits per heavy atom. The molecule has 0 aliphatic rings. The molecular weight excluding hydrogens is 377 g/mol. The van der Waals surface area contributed by atoms with Crippen LogP contribution in [-0.2, 0) is 6.18 Å². The maximum Gasteiger partial charge on any atom is 0.416 e. The van der Waals surface area contributed by atoms with Crippen LogP contribution in [0, 0.1) is 10.1 Å². The molecule has 5 nitrogen and oxygen atoms in total. The Bertz CT molecular complexity index is 797. The molecule has 0 heterocycles. The second-order valence-electron chi connectivity index (χ2n) is 4.51. The zero-order valence-corrected chi connectivity index (χ0v) is 12.6. The van der Waals surface area contributed by atoms with Crippen LogP contribution in [0.15, 0.2) is 36.4 Å². The van der Waals surface area contributed by atoms with Crippen molar-refractivity contribution in [3.8, 4) is 17.2 Å². The highest BCUT2D eigenvalue weighted by Gasteiger charge is 2.31. The highest BCUT2D eigenvalue weighted by molar-refractivity contribution is 6.32. The van der Waals surface area contributed by atoms with E-state index in [0.717, 1.165) is 24.3 Å². The predicted octanol–water partition coefficient (Wildman–Crippen LogP) is 5.66. The molecule has 0 aliphatic heterocycles. The Morgan fingerprint density at radius 3 is 2.28 bits per heavy atom. The van der Waals surface area contributed by atoms with Crippen molar-refractivity contribution in [1.82, 2.24) is 0 Å². The minimum absolute atomic E-state index is 0.192. The average Bonchev–Trinajstić information content (AvgIpc) is 2.47. The first-order chi connectivity index (χ1) is 11.6. The van der Waals surface area contributed by atoms with Gasteiger partial charge < -0.3 is 9.47 Å². The van der Waals surface area contributed by atoms with E-state index in [9.17, 15) is 32.1 Å². The third kappa shape index (κ3) is 4.69. The molecule has 0 unspecified atom stereocenters. The fourth-order valence-electron chi connectivity index (χ4n) is 1.79.